The molecule has 4 aromatic carbocycles. The lowest BCUT2D eigenvalue weighted by Crippen LogP contribution is -2.50. The minimum atomic E-state index is -1.11. The minimum Gasteiger partial charge on any atom is -0.497 e. The fourth-order valence-electron chi connectivity index (χ4n) is 4.85. The summed E-state index contributed by atoms with van der Waals surface area (Å²) in [5, 5.41) is 25.4. The standard InChI is InChI=1S/C37H39N5O9/c1-25(36(46)47)26-11-8-12-27(19-26)39-37(48)38-22-33(43)41(23-34(44)40(2)28-13-6-5-7-14-28)29-15-9-18-32(20-29)51-24-35(45)42(3,49)30-16-10-17-31(21-30)50-4/h5-21,25,49H,22-24H2,1-4H3,(H2-,38,39,46,47,48)/p+1. The first-order valence-electron chi connectivity index (χ1n) is 15.8. The van der Waals surface area contributed by atoms with Gasteiger partial charge in [-0.3, -0.25) is 14.4 Å². The number of aliphatic carboxylic acids is 1. The molecule has 0 saturated carbocycles. The Hall–Kier alpha value is -6.25. The number of rotatable bonds is 14. The topological polar surface area (TPSA) is 175 Å². The number of hydrogen-bond donors (Lipinski definition) is 4. The van der Waals surface area contributed by atoms with E-state index in [0.717, 1.165) is 0 Å². The minimum absolute atomic E-state index is 0.175. The molecule has 0 heterocycles. The third-order valence-corrected chi connectivity index (χ3v) is 8.06. The Balaban J connectivity index is 1.50. The summed E-state index contributed by atoms with van der Waals surface area (Å²) in [5.41, 5.74) is 1.91. The Labute approximate surface area is 295 Å². The van der Waals surface area contributed by atoms with Gasteiger partial charge in [0.25, 0.3) is 0 Å². The number of nitrogens with one attached hydrogen (secondary N) is 2. The van der Waals surface area contributed by atoms with Gasteiger partial charge in [0.2, 0.25) is 18.4 Å². The summed E-state index contributed by atoms with van der Waals surface area (Å²) < 4.78 is 9.80. The number of amides is 5. The van der Waals surface area contributed by atoms with E-state index in [1.54, 1.807) is 85.9 Å². The van der Waals surface area contributed by atoms with E-state index in [1.807, 2.05) is 6.07 Å². The van der Waals surface area contributed by atoms with E-state index in [0.29, 0.717) is 22.7 Å². The highest BCUT2D eigenvalue weighted by Crippen LogP contribution is 2.26. The Bertz CT molecular complexity index is 1880. The van der Waals surface area contributed by atoms with Crippen LogP contribution in [0.2, 0.25) is 0 Å². The monoisotopic (exact) mass is 698 g/mol. The molecule has 4 aromatic rings. The van der Waals surface area contributed by atoms with Crippen LogP contribution in [-0.2, 0) is 19.2 Å². The maximum absolute atomic E-state index is 13.6. The average Bonchev–Trinajstić information content (AvgIpc) is 3.14. The summed E-state index contributed by atoms with van der Waals surface area (Å²) >= 11 is 0. The number of urea groups is 1. The highest BCUT2D eigenvalue weighted by atomic mass is 16.6. The molecule has 0 bridgehead atoms. The van der Waals surface area contributed by atoms with Gasteiger partial charge in [-0.15, -0.1) is 0 Å². The largest absolute Gasteiger partial charge is 0.497 e. The second kappa shape index (κ2) is 16.9. The zero-order valence-corrected chi connectivity index (χ0v) is 28.6. The molecule has 0 saturated heterocycles. The molecular formula is C37H40N5O9+. The van der Waals surface area contributed by atoms with E-state index in [9.17, 15) is 34.3 Å². The number of hydroxylamine groups is 2. The number of carbonyl (C=O) groups is 5. The molecule has 4 rings (SSSR count). The molecule has 266 valence electrons. The number of para-hydroxylation sites is 1. The zero-order chi connectivity index (χ0) is 37.1. The van der Waals surface area contributed by atoms with Gasteiger partial charge >= 0.3 is 17.9 Å². The van der Waals surface area contributed by atoms with Crippen LogP contribution >= 0.6 is 0 Å². The molecule has 5 amide bonds. The average molecular weight is 699 g/mol. The number of nitrogens with zero attached hydrogens (tertiary/aromatic N) is 3. The number of likely N-dealkylation sites (N-methyl/N-ethyl adjacent to an activating group) is 2. The molecule has 0 aliphatic rings. The summed E-state index contributed by atoms with van der Waals surface area (Å²) in [4.78, 5) is 66.8. The highest BCUT2D eigenvalue weighted by Gasteiger charge is 2.34. The molecular weight excluding hydrogens is 658 g/mol. The van der Waals surface area contributed by atoms with Crippen LogP contribution in [-0.4, -0.2) is 80.9 Å². The Morgan fingerprint density at radius 2 is 1.49 bits per heavy atom. The van der Waals surface area contributed by atoms with Crippen molar-refractivity contribution in [3.63, 3.8) is 0 Å². The van der Waals surface area contributed by atoms with Gasteiger partial charge in [-0.2, -0.15) is 0 Å². The van der Waals surface area contributed by atoms with Crippen molar-refractivity contribution in [1.29, 1.82) is 0 Å². The molecule has 0 aliphatic heterocycles. The van der Waals surface area contributed by atoms with Crippen molar-refractivity contribution in [2.45, 2.75) is 12.8 Å². The van der Waals surface area contributed by atoms with Gasteiger partial charge in [0.1, 0.15) is 25.1 Å². The number of carboxylic acid groups (broad SMARTS) is 1. The van der Waals surface area contributed by atoms with Gasteiger partial charge in [0, 0.05) is 42.3 Å². The number of carbonyl (C=O) groups excluding carboxylic acids is 4. The number of carboxylic acids is 1. The van der Waals surface area contributed by atoms with Crippen molar-refractivity contribution >= 4 is 52.5 Å². The number of benzene rings is 4. The van der Waals surface area contributed by atoms with Gasteiger partial charge < -0.3 is 35.0 Å². The first kappa shape index (κ1) is 37.6. The second-order valence-corrected chi connectivity index (χ2v) is 11.6. The predicted octanol–water partition coefficient (Wildman–Crippen LogP) is 4.63. The van der Waals surface area contributed by atoms with Crippen molar-refractivity contribution in [2.24, 2.45) is 0 Å². The second-order valence-electron chi connectivity index (χ2n) is 11.6. The summed E-state index contributed by atoms with van der Waals surface area (Å²) in [7, 11) is 4.34. The van der Waals surface area contributed by atoms with Crippen LogP contribution in [0.3, 0.4) is 0 Å². The maximum atomic E-state index is 13.6. The van der Waals surface area contributed by atoms with Crippen molar-refractivity contribution in [3.05, 3.63) is 109 Å². The van der Waals surface area contributed by atoms with Gasteiger partial charge in [-0.05, 0) is 55.0 Å². The quantitative estimate of drug-likeness (QED) is 0.0832. The van der Waals surface area contributed by atoms with Crippen LogP contribution in [0.1, 0.15) is 18.4 Å². The molecule has 51 heavy (non-hydrogen) atoms. The lowest BCUT2D eigenvalue weighted by Gasteiger charge is -2.26. The van der Waals surface area contributed by atoms with Crippen molar-refractivity contribution in [2.75, 3.05) is 56.0 Å². The van der Waals surface area contributed by atoms with Crippen LogP contribution in [0.15, 0.2) is 103 Å². The van der Waals surface area contributed by atoms with Crippen molar-refractivity contribution in [3.8, 4) is 11.5 Å². The fraction of sp³-hybridized carbons (Fsp3) is 0.216. The molecule has 0 fully saturated rings. The Morgan fingerprint density at radius 3 is 2.20 bits per heavy atom. The Kier molecular flexibility index (Phi) is 12.5. The fourth-order valence-corrected chi connectivity index (χ4v) is 4.85. The third kappa shape index (κ3) is 9.90. The number of anilines is 3. The Morgan fingerprint density at radius 1 is 0.824 bits per heavy atom. The SMILES string of the molecule is COc1cccc([N+](C)(O)C(=O)COc2cccc(N(CC(=O)N(C)c3ccccc3)C(=O)CNC(=O)Nc3cccc(C(C)C(=O)O)c3)c2)c1. The molecule has 0 aromatic heterocycles. The van der Waals surface area contributed by atoms with E-state index in [1.165, 1.54) is 49.1 Å². The zero-order valence-electron chi connectivity index (χ0n) is 28.6. The molecule has 0 aliphatic carbocycles. The van der Waals surface area contributed by atoms with Crippen LogP contribution < -0.4 is 34.6 Å². The molecule has 14 nitrogen and oxygen atoms in total. The predicted molar refractivity (Wildman–Crippen MR) is 191 cm³/mol. The van der Waals surface area contributed by atoms with Crippen LogP contribution in [0.25, 0.3) is 0 Å². The molecule has 14 heteroatoms. The van der Waals surface area contributed by atoms with E-state index in [2.05, 4.69) is 10.6 Å². The molecule has 0 radical (unpaired) electrons. The van der Waals surface area contributed by atoms with Gasteiger partial charge in [0.05, 0.1) is 19.6 Å². The smallest absolute Gasteiger partial charge is 0.388 e. The molecule has 2 atom stereocenters. The summed E-state index contributed by atoms with van der Waals surface area (Å²) in [6.07, 6.45) is 0. The van der Waals surface area contributed by atoms with Gasteiger partial charge in [-0.25, -0.2) is 14.8 Å². The molecule has 2 unspecified atom stereocenters. The van der Waals surface area contributed by atoms with E-state index < -0.39 is 60.0 Å². The van der Waals surface area contributed by atoms with Crippen LogP contribution in [0.5, 0.6) is 11.5 Å². The molecule has 4 N–H and O–H groups in total. The van der Waals surface area contributed by atoms with Gasteiger partial charge in [-0.1, -0.05) is 47.1 Å². The van der Waals surface area contributed by atoms with Crippen molar-refractivity contribution < 1.29 is 43.8 Å². The molecule has 0 spiro atoms. The maximum Gasteiger partial charge on any atom is 0.388 e. The summed E-state index contributed by atoms with van der Waals surface area (Å²) in [6.45, 7) is 0.0656. The van der Waals surface area contributed by atoms with Crippen LogP contribution in [0.4, 0.5) is 27.5 Å². The number of ether oxygens (including phenoxy) is 2. The van der Waals surface area contributed by atoms with Crippen LogP contribution in [0, 0.1) is 0 Å². The normalized spacial score (nSPS) is 12.4. The summed E-state index contributed by atoms with van der Waals surface area (Å²) in [5.74, 6) is -2.95. The number of hydrogen-bond acceptors (Lipinski definition) is 8. The number of methoxy groups -OCH3 is 1. The lowest BCUT2D eigenvalue weighted by molar-refractivity contribution is -0.158. The highest BCUT2D eigenvalue weighted by molar-refractivity contribution is 6.05. The number of quaternary nitrogens is 1. The summed E-state index contributed by atoms with van der Waals surface area (Å²) in [6, 6.07) is 27.0. The first-order valence-corrected chi connectivity index (χ1v) is 15.8. The lowest BCUT2D eigenvalue weighted by atomic mass is 10.0. The van der Waals surface area contributed by atoms with E-state index in [-0.39, 0.29) is 17.1 Å². The van der Waals surface area contributed by atoms with Crippen molar-refractivity contribution in [1.82, 2.24) is 9.96 Å². The van der Waals surface area contributed by atoms with Gasteiger partial charge in [0.15, 0.2) is 5.69 Å². The third-order valence-electron chi connectivity index (χ3n) is 8.06. The van der Waals surface area contributed by atoms with E-state index >= 15 is 0 Å². The first-order chi connectivity index (χ1) is 24.3. The van der Waals surface area contributed by atoms with E-state index in [4.69, 9.17) is 9.47 Å².